The third kappa shape index (κ3) is 1.72. The maximum absolute atomic E-state index is 12.9. The summed E-state index contributed by atoms with van der Waals surface area (Å²) in [6.45, 7) is 0. The normalized spacial score (nSPS) is 24.8. The lowest BCUT2D eigenvalue weighted by Gasteiger charge is -2.32. The molecule has 0 radical (unpaired) electrons. The van der Waals surface area contributed by atoms with Crippen LogP contribution in [0.5, 0.6) is 0 Å². The maximum atomic E-state index is 12.9. The summed E-state index contributed by atoms with van der Waals surface area (Å²) in [5.74, 6) is -0.114. The summed E-state index contributed by atoms with van der Waals surface area (Å²) in [4.78, 5) is 12.9. The van der Waals surface area contributed by atoms with Crippen molar-refractivity contribution in [3.63, 3.8) is 0 Å². The van der Waals surface area contributed by atoms with Gasteiger partial charge in [-0.25, -0.2) is 0 Å². The van der Waals surface area contributed by atoms with Crippen molar-refractivity contribution in [2.24, 2.45) is 0 Å². The van der Waals surface area contributed by atoms with Crippen molar-refractivity contribution in [1.82, 2.24) is 0 Å². The van der Waals surface area contributed by atoms with Crippen molar-refractivity contribution < 1.29 is 9.53 Å². The molecule has 54 heavy (non-hydrogen) atoms. The summed E-state index contributed by atoms with van der Waals surface area (Å²) in [5.41, 5.74) is 6.81. The standard InChI is InChI=1S/C52H24O2/c1-54-31(53)8-5-19-50(20-6-3-2-4-7-20)51-29-17-18-30-28-16-14-26-24-12-10-22-21-9-11-23-25-13-15-27(29)38-36(25)41-34(23)32(21)40-33(22)35(24)42-37(26)39(28)49(52(30,50)51)47-45(42)43(40)44(41)46(47)48(38)51/h2-4,6-7,9-18H,5,8,19H2,1H3. The van der Waals surface area contributed by atoms with Gasteiger partial charge in [0.15, 0.2) is 0 Å². The molecule has 2 unspecified atom stereocenters. The second-order valence-corrected chi connectivity index (χ2v) is 17.8. The van der Waals surface area contributed by atoms with Crippen LogP contribution in [0.15, 0.2) is 91.0 Å². The third-order valence-electron chi connectivity index (χ3n) is 17.0. The van der Waals surface area contributed by atoms with Crippen molar-refractivity contribution >= 4 is 136 Å². The number of allylic oxidation sites excluding steroid dienone is 2. The molecular formula is C52H24O2. The summed E-state index contributed by atoms with van der Waals surface area (Å²) in [6, 6.07) is 31.3. The van der Waals surface area contributed by atoms with Crippen LogP contribution in [-0.4, -0.2) is 13.1 Å². The first-order chi connectivity index (χ1) is 26.7. The Hall–Kier alpha value is -6.25. The van der Waals surface area contributed by atoms with Crippen molar-refractivity contribution in [2.45, 2.75) is 35.5 Å². The first kappa shape index (κ1) is 24.9. The second kappa shape index (κ2) is 6.71. The minimum absolute atomic E-state index is 0.114. The van der Waals surface area contributed by atoms with Crippen molar-refractivity contribution in [3.8, 4) is 0 Å². The van der Waals surface area contributed by atoms with Gasteiger partial charge in [-0.1, -0.05) is 91.0 Å². The minimum atomic E-state index is -0.275. The van der Waals surface area contributed by atoms with Gasteiger partial charge in [0.05, 0.1) is 7.11 Å². The number of fused-ring (bicyclic) bond motifs is 3. The highest BCUT2D eigenvalue weighted by molar-refractivity contribution is 6.64. The number of esters is 1. The zero-order valence-corrected chi connectivity index (χ0v) is 29.1. The molecule has 0 saturated heterocycles. The lowest BCUT2D eigenvalue weighted by molar-refractivity contribution is -0.140. The van der Waals surface area contributed by atoms with Crippen LogP contribution in [0, 0.1) is 0 Å². The van der Waals surface area contributed by atoms with Gasteiger partial charge in [0.1, 0.15) is 0 Å². The topological polar surface area (TPSA) is 26.3 Å². The van der Waals surface area contributed by atoms with Crippen LogP contribution in [0.25, 0.3) is 130 Å². The monoisotopic (exact) mass is 680 g/mol. The van der Waals surface area contributed by atoms with Crippen molar-refractivity contribution in [2.75, 3.05) is 7.11 Å². The molecule has 13 aromatic carbocycles. The van der Waals surface area contributed by atoms with Gasteiger partial charge in [0.2, 0.25) is 0 Å². The Kier molecular flexibility index (Phi) is 3.09. The fourth-order valence-electron chi connectivity index (χ4n) is 16.1. The van der Waals surface area contributed by atoms with Crippen LogP contribution < -0.4 is 10.4 Å². The Bertz CT molecular complexity index is 3970. The highest BCUT2D eigenvalue weighted by Crippen LogP contribution is 2.92. The van der Waals surface area contributed by atoms with Gasteiger partial charge in [-0.2, -0.15) is 0 Å². The average Bonchev–Trinajstić information content (AvgIpc) is 3.86. The third-order valence-corrected chi connectivity index (χ3v) is 17.0. The van der Waals surface area contributed by atoms with Crippen LogP contribution >= 0.6 is 0 Å². The molecule has 2 spiro atoms. The maximum Gasteiger partial charge on any atom is 0.305 e. The number of carbonyl (C=O) groups is 1. The van der Waals surface area contributed by atoms with Crippen molar-refractivity contribution in [3.05, 3.63) is 118 Å². The van der Waals surface area contributed by atoms with Gasteiger partial charge in [-0.15, -0.1) is 0 Å². The molecule has 2 heteroatoms. The van der Waals surface area contributed by atoms with E-state index >= 15 is 0 Å². The van der Waals surface area contributed by atoms with E-state index in [4.69, 9.17) is 4.74 Å². The lowest BCUT2D eigenvalue weighted by Crippen LogP contribution is -2.27. The van der Waals surface area contributed by atoms with Crippen LogP contribution in [0.2, 0.25) is 0 Å². The Morgan fingerprint density at radius 3 is 1.35 bits per heavy atom. The molecule has 1 fully saturated rings. The fraction of sp³-hybridized carbons (Fsp3) is 0.135. The Balaban J connectivity index is 1.24. The lowest BCUT2D eigenvalue weighted by atomic mass is 9.68. The van der Waals surface area contributed by atoms with Gasteiger partial charge in [0, 0.05) is 22.7 Å². The number of benzene rings is 9. The number of methoxy groups -OCH3 is 1. The van der Waals surface area contributed by atoms with Crippen LogP contribution in [0.3, 0.4) is 0 Å². The molecule has 2 nitrogen and oxygen atoms in total. The smallest absolute Gasteiger partial charge is 0.305 e. The molecule has 5 aliphatic carbocycles. The van der Waals surface area contributed by atoms with E-state index in [1.807, 2.05) is 0 Å². The molecule has 0 heterocycles. The molecule has 0 bridgehead atoms. The molecular weight excluding hydrogens is 657 g/mol. The molecule has 2 atom stereocenters. The van der Waals surface area contributed by atoms with Crippen LogP contribution in [0.1, 0.15) is 36.0 Å². The summed E-state index contributed by atoms with van der Waals surface area (Å²) in [6.07, 6.45) is 7.23. The molecule has 244 valence electrons. The Morgan fingerprint density at radius 1 is 0.481 bits per heavy atom. The quantitative estimate of drug-likeness (QED) is 0.134. The van der Waals surface area contributed by atoms with Gasteiger partial charge in [-0.3, -0.25) is 4.79 Å². The van der Waals surface area contributed by atoms with Gasteiger partial charge in [-0.05, 0) is 170 Å². The van der Waals surface area contributed by atoms with Crippen molar-refractivity contribution in [1.29, 1.82) is 0 Å². The predicted molar refractivity (Wildman–Crippen MR) is 221 cm³/mol. The molecule has 0 amide bonds. The Labute approximate surface area is 304 Å². The summed E-state index contributed by atoms with van der Waals surface area (Å²) < 4.78 is 5.29. The molecule has 0 aromatic heterocycles. The fourth-order valence-corrected chi connectivity index (χ4v) is 16.1. The molecule has 5 aliphatic rings. The molecule has 0 aliphatic heterocycles. The molecule has 13 aromatic rings. The van der Waals surface area contributed by atoms with E-state index < -0.39 is 0 Å². The zero-order valence-electron chi connectivity index (χ0n) is 29.1. The molecule has 1 saturated carbocycles. The number of carbonyl (C=O) groups excluding carboxylic acids is 1. The minimum Gasteiger partial charge on any atom is -0.469 e. The number of ether oxygens (including phenoxy) is 1. The van der Waals surface area contributed by atoms with E-state index in [9.17, 15) is 4.79 Å². The van der Waals surface area contributed by atoms with Crippen LogP contribution in [-0.2, 0) is 25.8 Å². The predicted octanol–water partition coefficient (Wildman–Crippen LogP) is 10.6. The first-order valence-electron chi connectivity index (χ1n) is 19.7. The molecule has 0 N–H and O–H groups in total. The zero-order chi connectivity index (χ0) is 34.3. The average molecular weight is 681 g/mol. The van der Waals surface area contributed by atoms with E-state index in [1.54, 1.807) is 38.1 Å². The van der Waals surface area contributed by atoms with E-state index in [1.165, 1.54) is 126 Å². The SMILES string of the molecule is COC(=O)CCCC1(c2ccccc2)C23C4=c5ccc6c7ccc8c9ccc%10c%11ccc%12c%13c(c%14c%15c2c5c6c2c7c8c5c9c%10c(c%13%11)c%14c5c%152)C13C=%12C=C4. The molecule has 18 rings (SSSR count). The summed E-state index contributed by atoms with van der Waals surface area (Å²) in [5, 5.41) is 35.7. The number of hydrogen-bond acceptors (Lipinski definition) is 2. The van der Waals surface area contributed by atoms with Gasteiger partial charge >= 0.3 is 5.97 Å². The van der Waals surface area contributed by atoms with Gasteiger partial charge in [0.25, 0.3) is 0 Å². The van der Waals surface area contributed by atoms with E-state index in [2.05, 4.69) is 91.0 Å². The van der Waals surface area contributed by atoms with Crippen LogP contribution in [0.4, 0.5) is 0 Å². The highest BCUT2D eigenvalue weighted by Gasteiger charge is 2.93. The second-order valence-electron chi connectivity index (χ2n) is 17.8. The largest absolute Gasteiger partial charge is 0.469 e. The highest BCUT2D eigenvalue weighted by atomic mass is 16.5. The first-order valence-corrected chi connectivity index (χ1v) is 19.7. The van der Waals surface area contributed by atoms with E-state index in [0.29, 0.717) is 6.42 Å². The summed E-state index contributed by atoms with van der Waals surface area (Å²) >= 11 is 0. The van der Waals surface area contributed by atoms with E-state index in [-0.39, 0.29) is 22.2 Å². The Morgan fingerprint density at radius 2 is 0.889 bits per heavy atom. The van der Waals surface area contributed by atoms with E-state index in [0.717, 1.165) is 12.8 Å². The number of rotatable bonds is 5. The number of hydrogen-bond donors (Lipinski definition) is 0. The summed E-state index contributed by atoms with van der Waals surface area (Å²) in [7, 11) is 1.53. The van der Waals surface area contributed by atoms with Gasteiger partial charge < -0.3 is 4.74 Å².